The summed E-state index contributed by atoms with van der Waals surface area (Å²) in [6, 6.07) is 15.3. The number of aromatic nitrogens is 4. The van der Waals surface area contributed by atoms with Crippen molar-refractivity contribution in [2.75, 3.05) is 5.32 Å². The van der Waals surface area contributed by atoms with Gasteiger partial charge in [0.15, 0.2) is 0 Å². The molecule has 134 valence electrons. The second kappa shape index (κ2) is 6.81. The van der Waals surface area contributed by atoms with Crippen molar-refractivity contribution in [2.24, 2.45) is 0 Å². The van der Waals surface area contributed by atoms with Crippen LogP contribution in [-0.2, 0) is 0 Å². The lowest BCUT2D eigenvalue weighted by Crippen LogP contribution is -2.14. The highest BCUT2D eigenvalue weighted by molar-refractivity contribution is 6.30. The molecule has 0 saturated carbocycles. The first-order valence-electron chi connectivity index (χ1n) is 8.37. The summed E-state index contributed by atoms with van der Waals surface area (Å²) >= 11 is 6.07. The number of anilines is 1. The van der Waals surface area contributed by atoms with Crippen LogP contribution in [-0.4, -0.2) is 25.5 Å². The van der Waals surface area contributed by atoms with Gasteiger partial charge in [0.05, 0.1) is 0 Å². The van der Waals surface area contributed by atoms with Gasteiger partial charge in [-0.05, 0) is 60.9 Å². The highest BCUT2D eigenvalue weighted by Gasteiger charge is 2.15. The molecule has 2 heterocycles. The third kappa shape index (κ3) is 3.39. The first kappa shape index (κ1) is 17.2. The van der Waals surface area contributed by atoms with Crippen molar-refractivity contribution in [3.05, 3.63) is 76.8 Å². The Bertz CT molecular complexity index is 1170. The summed E-state index contributed by atoms with van der Waals surface area (Å²) in [6.45, 7) is 3.82. The van der Waals surface area contributed by atoms with Gasteiger partial charge in [0.25, 0.3) is 11.7 Å². The van der Waals surface area contributed by atoms with Crippen LogP contribution in [0.5, 0.6) is 0 Å². The van der Waals surface area contributed by atoms with Crippen molar-refractivity contribution in [1.29, 1.82) is 0 Å². The lowest BCUT2D eigenvalue weighted by Gasteiger charge is -2.09. The molecule has 1 amide bonds. The highest BCUT2D eigenvalue weighted by atomic mass is 35.5. The molecule has 0 aliphatic rings. The molecule has 0 unspecified atom stereocenters. The van der Waals surface area contributed by atoms with Gasteiger partial charge in [-0.1, -0.05) is 29.8 Å². The van der Waals surface area contributed by atoms with Crippen LogP contribution < -0.4 is 5.32 Å². The molecule has 6 nitrogen and oxygen atoms in total. The Kier molecular flexibility index (Phi) is 4.33. The van der Waals surface area contributed by atoms with Crippen LogP contribution in [0.4, 0.5) is 5.69 Å². The lowest BCUT2D eigenvalue weighted by atomic mass is 10.0. The van der Waals surface area contributed by atoms with Crippen LogP contribution in [0, 0.1) is 13.8 Å². The number of nitrogens with zero attached hydrogens (tertiary/aromatic N) is 4. The van der Waals surface area contributed by atoms with Gasteiger partial charge < -0.3 is 5.32 Å². The summed E-state index contributed by atoms with van der Waals surface area (Å²) in [6.07, 6.45) is 1.64. The first-order valence-corrected chi connectivity index (χ1v) is 8.75. The maximum absolute atomic E-state index is 12.6. The van der Waals surface area contributed by atoms with E-state index in [4.69, 9.17) is 11.6 Å². The number of fused-ring (bicyclic) bond motifs is 1. The molecule has 0 aliphatic heterocycles. The predicted molar refractivity (Wildman–Crippen MR) is 105 cm³/mol. The average Bonchev–Trinajstić information content (AvgIpc) is 3.09. The van der Waals surface area contributed by atoms with Gasteiger partial charge in [0.2, 0.25) is 5.82 Å². The van der Waals surface area contributed by atoms with Crippen molar-refractivity contribution in [2.45, 2.75) is 13.8 Å². The van der Waals surface area contributed by atoms with Crippen LogP contribution in [0.3, 0.4) is 0 Å². The van der Waals surface area contributed by atoms with Gasteiger partial charge in [0, 0.05) is 22.6 Å². The molecule has 0 saturated heterocycles. The number of hydrogen-bond acceptors (Lipinski definition) is 4. The van der Waals surface area contributed by atoms with E-state index in [-0.39, 0.29) is 11.7 Å². The zero-order valence-corrected chi connectivity index (χ0v) is 15.5. The van der Waals surface area contributed by atoms with Gasteiger partial charge in [-0.3, -0.25) is 4.79 Å². The maximum atomic E-state index is 12.6. The second-order valence-corrected chi connectivity index (χ2v) is 6.66. The van der Waals surface area contributed by atoms with Crippen molar-refractivity contribution < 1.29 is 4.79 Å². The topological polar surface area (TPSA) is 72.2 Å². The summed E-state index contributed by atoms with van der Waals surface area (Å²) in [7, 11) is 0. The molecule has 0 spiro atoms. The fourth-order valence-corrected chi connectivity index (χ4v) is 3.02. The van der Waals surface area contributed by atoms with Gasteiger partial charge in [-0.25, -0.2) is 9.50 Å². The minimum absolute atomic E-state index is 0.0788. The number of carbonyl (C=O) groups is 1. The molecular weight excluding hydrogens is 362 g/mol. The largest absolute Gasteiger partial charge is 0.319 e. The zero-order chi connectivity index (χ0) is 19.0. The molecule has 2 aromatic heterocycles. The summed E-state index contributed by atoms with van der Waals surface area (Å²) in [5, 5.41) is 7.78. The molecular formula is C20H16ClN5O. The number of hydrogen-bond donors (Lipinski definition) is 1. The lowest BCUT2D eigenvalue weighted by molar-refractivity contribution is 0.101. The standard InChI is InChI=1S/C20H16ClN5O/c1-12-10-15(14-4-3-5-16(21)11-14)6-7-17(12)23-19(27)18-24-20-22-9-8-13(2)26(20)25-18/h3-11H,1-2H3,(H,23,27). The molecule has 0 radical (unpaired) electrons. The van der Waals surface area contributed by atoms with E-state index in [0.29, 0.717) is 16.5 Å². The molecule has 4 rings (SSSR count). The maximum Gasteiger partial charge on any atom is 0.295 e. The summed E-state index contributed by atoms with van der Waals surface area (Å²) in [5.41, 5.74) is 4.53. The monoisotopic (exact) mass is 377 g/mol. The molecule has 0 fully saturated rings. The van der Waals surface area contributed by atoms with E-state index >= 15 is 0 Å². The fourth-order valence-electron chi connectivity index (χ4n) is 2.83. The number of benzene rings is 2. The van der Waals surface area contributed by atoms with E-state index in [1.165, 1.54) is 0 Å². The number of halogens is 1. The SMILES string of the molecule is Cc1cc(-c2cccc(Cl)c2)ccc1NC(=O)c1nc2nccc(C)n2n1. The van der Waals surface area contributed by atoms with Gasteiger partial charge in [-0.15, -0.1) is 5.10 Å². The number of rotatable bonds is 3. The number of nitrogens with one attached hydrogen (secondary N) is 1. The molecule has 0 atom stereocenters. The second-order valence-electron chi connectivity index (χ2n) is 6.23. The summed E-state index contributed by atoms with van der Waals surface area (Å²) in [5.74, 6) is 0.0989. The number of amides is 1. The molecule has 0 aliphatic carbocycles. The van der Waals surface area contributed by atoms with E-state index in [1.807, 2.05) is 62.4 Å². The first-order chi connectivity index (χ1) is 13.0. The van der Waals surface area contributed by atoms with E-state index in [9.17, 15) is 4.79 Å². The highest BCUT2D eigenvalue weighted by Crippen LogP contribution is 2.27. The van der Waals surface area contributed by atoms with Crippen LogP contribution in [0.2, 0.25) is 5.02 Å². The van der Waals surface area contributed by atoms with Crippen LogP contribution >= 0.6 is 11.6 Å². The van der Waals surface area contributed by atoms with E-state index in [0.717, 1.165) is 22.4 Å². The Morgan fingerprint density at radius 3 is 2.63 bits per heavy atom. The Hall–Kier alpha value is -3.25. The number of carbonyl (C=O) groups excluding carboxylic acids is 1. The third-order valence-electron chi connectivity index (χ3n) is 4.27. The van der Waals surface area contributed by atoms with Crippen LogP contribution in [0.25, 0.3) is 16.9 Å². The molecule has 7 heteroatoms. The van der Waals surface area contributed by atoms with Gasteiger partial charge in [0.1, 0.15) is 0 Å². The van der Waals surface area contributed by atoms with E-state index in [2.05, 4.69) is 20.4 Å². The molecule has 4 aromatic rings. The van der Waals surface area contributed by atoms with Crippen molar-refractivity contribution >= 4 is 29.0 Å². The van der Waals surface area contributed by atoms with Crippen LogP contribution in [0.1, 0.15) is 21.9 Å². The minimum Gasteiger partial charge on any atom is -0.319 e. The van der Waals surface area contributed by atoms with Crippen molar-refractivity contribution in [1.82, 2.24) is 19.6 Å². The summed E-state index contributed by atoms with van der Waals surface area (Å²) < 4.78 is 1.55. The Labute approximate surface area is 160 Å². The quantitative estimate of drug-likeness (QED) is 0.577. The van der Waals surface area contributed by atoms with Crippen molar-refractivity contribution in [3.63, 3.8) is 0 Å². The Balaban J connectivity index is 1.60. The number of aryl methyl sites for hydroxylation is 2. The summed E-state index contributed by atoms with van der Waals surface area (Å²) in [4.78, 5) is 20.9. The normalized spacial score (nSPS) is 10.9. The minimum atomic E-state index is -0.376. The average molecular weight is 378 g/mol. The predicted octanol–water partition coefficient (Wildman–Crippen LogP) is 4.31. The van der Waals surface area contributed by atoms with E-state index < -0.39 is 0 Å². The molecule has 27 heavy (non-hydrogen) atoms. The molecule has 2 aromatic carbocycles. The van der Waals surface area contributed by atoms with Gasteiger partial charge in [-0.2, -0.15) is 4.98 Å². The smallest absolute Gasteiger partial charge is 0.295 e. The Morgan fingerprint density at radius 1 is 1.07 bits per heavy atom. The van der Waals surface area contributed by atoms with Gasteiger partial charge >= 0.3 is 0 Å². The zero-order valence-electron chi connectivity index (χ0n) is 14.8. The van der Waals surface area contributed by atoms with Crippen LogP contribution in [0.15, 0.2) is 54.7 Å². The van der Waals surface area contributed by atoms with E-state index in [1.54, 1.807) is 10.7 Å². The molecule has 0 bridgehead atoms. The Morgan fingerprint density at radius 2 is 1.89 bits per heavy atom. The molecule has 1 N–H and O–H groups in total. The fraction of sp³-hybridized carbons (Fsp3) is 0.100. The third-order valence-corrected chi connectivity index (χ3v) is 4.50. The van der Waals surface area contributed by atoms with Crippen molar-refractivity contribution in [3.8, 4) is 11.1 Å².